The largest absolute Gasteiger partial charge is 0.505 e. The molecule has 2 aromatic carbocycles. The molecule has 0 aliphatic rings. The van der Waals surface area contributed by atoms with Gasteiger partial charge in [-0.2, -0.15) is 0 Å². The van der Waals surface area contributed by atoms with Crippen LogP contribution in [0.5, 0.6) is 11.6 Å². The quantitative estimate of drug-likeness (QED) is 0.544. The minimum Gasteiger partial charge on any atom is -0.505 e. The highest BCUT2D eigenvalue weighted by molar-refractivity contribution is 6.08. The van der Waals surface area contributed by atoms with Gasteiger partial charge in [0.05, 0.1) is 6.20 Å². The minimum atomic E-state index is -0.557. The number of aromatic hydroxyl groups is 2. The summed E-state index contributed by atoms with van der Waals surface area (Å²) in [4.78, 5) is 12.9. The van der Waals surface area contributed by atoms with Crippen molar-refractivity contribution in [1.82, 2.24) is 4.57 Å². The lowest BCUT2D eigenvalue weighted by Gasteiger charge is -2.20. The minimum absolute atomic E-state index is 0.0679. The second kappa shape index (κ2) is 7.66. The fourth-order valence-electron chi connectivity index (χ4n) is 3.32. The molecule has 29 heavy (non-hydrogen) atoms. The molecule has 3 aromatic rings. The molecule has 0 spiro atoms. The molecule has 0 bridgehead atoms. The van der Waals surface area contributed by atoms with Crippen molar-refractivity contribution in [3.8, 4) is 17.3 Å². The average molecular weight is 392 g/mol. The summed E-state index contributed by atoms with van der Waals surface area (Å²) in [6.45, 7) is 10.4. The highest BCUT2D eigenvalue weighted by atomic mass is 16.3. The summed E-state index contributed by atoms with van der Waals surface area (Å²) < 4.78 is 1.42. The first kappa shape index (κ1) is 20.5. The van der Waals surface area contributed by atoms with Crippen molar-refractivity contribution in [3.05, 3.63) is 71.4 Å². The van der Waals surface area contributed by atoms with Gasteiger partial charge in [0, 0.05) is 11.4 Å². The highest BCUT2D eigenvalue weighted by Gasteiger charge is 2.24. The third-order valence-corrected chi connectivity index (χ3v) is 5.01. The fraction of sp³-hybridized carbons (Fsp3) is 0.292. The van der Waals surface area contributed by atoms with Gasteiger partial charge in [-0.05, 0) is 40.7 Å². The van der Waals surface area contributed by atoms with Crippen LogP contribution in [-0.2, 0) is 5.41 Å². The molecule has 0 saturated carbocycles. The number of amides is 1. The molecule has 0 aliphatic heterocycles. The molecule has 0 fully saturated rings. The molecule has 1 heterocycles. The third kappa shape index (κ3) is 4.14. The first-order valence-corrected chi connectivity index (χ1v) is 9.74. The third-order valence-electron chi connectivity index (χ3n) is 5.01. The first-order chi connectivity index (χ1) is 13.6. The summed E-state index contributed by atoms with van der Waals surface area (Å²) in [5.41, 5.74) is 3.18. The van der Waals surface area contributed by atoms with Gasteiger partial charge in [0.2, 0.25) is 5.88 Å². The molecular formula is C24H28N2O3. The molecule has 0 saturated heterocycles. The van der Waals surface area contributed by atoms with Gasteiger partial charge >= 0.3 is 0 Å². The molecular weight excluding hydrogens is 364 g/mol. The molecule has 152 valence electrons. The Kier molecular flexibility index (Phi) is 5.42. The number of nitrogens with one attached hydrogen (secondary N) is 1. The zero-order valence-corrected chi connectivity index (χ0v) is 17.5. The van der Waals surface area contributed by atoms with Crippen LogP contribution < -0.4 is 5.32 Å². The van der Waals surface area contributed by atoms with Crippen LogP contribution in [0.1, 0.15) is 62.0 Å². The summed E-state index contributed by atoms with van der Waals surface area (Å²) in [6, 6.07) is 15.2. The van der Waals surface area contributed by atoms with Gasteiger partial charge in [-0.15, -0.1) is 0 Å². The molecule has 5 heteroatoms. The van der Waals surface area contributed by atoms with E-state index in [-0.39, 0.29) is 28.5 Å². The van der Waals surface area contributed by atoms with Crippen molar-refractivity contribution in [1.29, 1.82) is 0 Å². The Morgan fingerprint density at radius 2 is 1.72 bits per heavy atom. The maximum absolute atomic E-state index is 12.9. The van der Waals surface area contributed by atoms with Gasteiger partial charge < -0.3 is 15.5 Å². The summed E-state index contributed by atoms with van der Waals surface area (Å²) >= 11 is 0. The SMILES string of the molecule is CC(C)c1ccccc1NC(=O)c1c(O)cn(-c2cccc(C(C)(C)C)c2)c1O. The molecule has 0 unspecified atom stereocenters. The molecule has 5 nitrogen and oxygen atoms in total. The number of para-hydroxylation sites is 1. The van der Waals surface area contributed by atoms with Crippen LogP contribution in [0.15, 0.2) is 54.7 Å². The second-order valence-corrected chi connectivity index (χ2v) is 8.58. The molecule has 0 aliphatic carbocycles. The van der Waals surface area contributed by atoms with Gasteiger partial charge in [0.1, 0.15) is 11.3 Å². The first-order valence-electron chi connectivity index (χ1n) is 9.74. The van der Waals surface area contributed by atoms with Gasteiger partial charge in [0.15, 0.2) is 0 Å². The van der Waals surface area contributed by atoms with E-state index in [0.717, 1.165) is 11.1 Å². The molecule has 1 amide bonds. The van der Waals surface area contributed by atoms with E-state index in [1.807, 2.05) is 62.4 Å². The van der Waals surface area contributed by atoms with Gasteiger partial charge in [-0.1, -0.05) is 65.0 Å². The van der Waals surface area contributed by atoms with Gasteiger partial charge in [-0.3, -0.25) is 9.36 Å². The number of benzene rings is 2. The molecule has 3 rings (SSSR count). The van der Waals surface area contributed by atoms with E-state index >= 15 is 0 Å². The number of anilines is 1. The number of carbonyl (C=O) groups is 1. The predicted molar refractivity (Wildman–Crippen MR) is 116 cm³/mol. The Bertz CT molecular complexity index is 1040. The van der Waals surface area contributed by atoms with E-state index in [4.69, 9.17) is 0 Å². The topological polar surface area (TPSA) is 74.5 Å². The molecule has 0 radical (unpaired) electrons. The van der Waals surface area contributed by atoms with Crippen LogP contribution in [0.4, 0.5) is 5.69 Å². The molecule has 1 aromatic heterocycles. The van der Waals surface area contributed by atoms with E-state index in [1.165, 1.54) is 10.8 Å². The van der Waals surface area contributed by atoms with Crippen molar-refractivity contribution in [2.45, 2.75) is 46.0 Å². The zero-order chi connectivity index (χ0) is 21.3. The van der Waals surface area contributed by atoms with Crippen LogP contribution in [-0.4, -0.2) is 20.7 Å². The van der Waals surface area contributed by atoms with Crippen LogP contribution in [0, 0.1) is 0 Å². The van der Waals surface area contributed by atoms with Crippen LogP contribution in [0.2, 0.25) is 0 Å². The van der Waals surface area contributed by atoms with E-state index in [1.54, 1.807) is 0 Å². The Labute approximate surface area is 171 Å². The van der Waals surface area contributed by atoms with Crippen LogP contribution in [0.25, 0.3) is 5.69 Å². The van der Waals surface area contributed by atoms with E-state index in [0.29, 0.717) is 11.4 Å². The Morgan fingerprint density at radius 1 is 1.03 bits per heavy atom. The number of rotatable bonds is 4. The lowest BCUT2D eigenvalue weighted by atomic mass is 9.87. The normalized spacial score (nSPS) is 11.7. The summed E-state index contributed by atoms with van der Waals surface area (Å²) in [7, 11) is 0. The van der Waals surface area contributed by atoms with Gasteiger partial charge in [-0.25, -0.2) is 0 Å². The fourth-order valence-corrected chi connectivity index (χ4v) is 3.32. The Hall–Kier alpha value is -3.21. The average Bonchev–Trinajstić information content (AvgIpc) is 2.95. The van der Waals surface area contributed by atoms with Gasteiger partial charge in [0.25, 0.3) is 5.91 Å². The summed E-state index contributed by atoms with van der Waals surface area (Å²) in [5.74, 6) is -0.909. The summed E-state index contributed by atoms with van der Waals surface area (Å²) in [5, 5.41) is 23.9. The van der Waals surface area contributed by atoms with Crippen molar-refractivity contribution < 1.29 is 15.0 Å². The zero-order valence-electron chi connectivity index (χ0n) is 17.5. The van der Waals surface area contributed by atoms with Crippen LogP contribution in [0.3, 0.4) is 0 Å². The standard InChI is InChI=1S/C24H28N2O3/c1-15(2)18-11-6-7-12-19(18)25-22(28)21-20(27)14-26(23(21)29)17-10-8-9-16(13-17)24(3,4)5/h6-15,27,29H,1-5H3,(H,25,28). The van der Waals surface area contributed by atoms with Crippen molar-refractivity contribution in [2.75, 3.05) is 5.32 Å². The second-order valence-electron chi connectivity index (χ2n) is 8.58. The maximum Gasteiger partial charge on any atom is 0.264 e. The predicted octanol–water partition coefficient (Wildman–Crippen LogP) is 5.56. The monoisotopic (exact) mass is 392 g/mol. The summed E-state index contributed by atoms with van der Waals surface area (Å²) in [6.07, 6.45) is 1.36. The van der Waals surface area contributed by atoms with Crippen molar-refractivity contribution >= 4 is 11.6 Å². The van der Waals surface area contributed by atoms with Crippen molar-refractivity contribution in [2.24, 2.45) is 0 Å². The maximum atomic E-state index is 12.9. The smallest absolute Gasteiger partial charge is 0.264 e. The van der Waals surface area contributed by atoms with E-state index in [9.17, 15) is 15.0 Å². The van der Waals surface area contributed by atoms with E-state index < -0.39 is 5.91 Å². The molecule has 3 N–H and O–H groups in total. The number of hydrogen-bond acceptors (Lipinski definition) is 3. The number of aromatic nitrogens is 1. The number of carbonyl (C=O) groups excluding carboxylic acids is 1. The lowest BCUT2D eigenvalue weighted by Crippen LogP contribution is -2.14. The Balaban J connectivity index is 1.98. The Morgan fingerprint density at radius 3 is 2.38 bits per heavy atom. The molecule has 0 atom stereocenters. The lowest BCUT2D eigenvalue weighted by molar-refractivity contribution is 0.102. The van der Waals surface area contributed by atoms with E-state index in [2.05, 4.69) is 26.1 Å². The highest BCUT2D eigenvalue weighted by Crippen LogP contribution is 2.35. The van der Waals surface area contributed by atoms with Crippen molar-refractivity contribution in [3.63, 3.8) is 0 Å². The van der Waals surface area contributed by atoms with Crippen LogP contribution >= 0.6 is 0 Å². The number of hydrogen-bond donors (Lipinski definition) is 3. The number of nitrogens with zero attached hydrogens (tertiary/aromatic N) is 1.